The predicted octanol–water partition coefficient (Wildman–Crippen LogP) is 2.14. The predicted molar refractivity (Wildman–Crippen MR) is 73.4 cm³/mol. The van der Waals surface area contributed by atoms with E-state index in [0.29, 0.717) is 4.68 Å². The van der Waals surface area contributed by atoms with E-state index in [1.54, 1.807) is 0 Å². The molecular formula is C12H16ClF3N4O. The minimum Gasteiger partial charge on any atom is -0.380 e. The molecule has 9 heteroatoms. The Bertz CT molecular complexity index is 552. The minimum absolute atomic E-state index is 0.0990. The highest BCUT2D eigenvalue weighted by molar-refractivity contribution is 6.32. The van der Waals surface area contributed by atoms with Gasteiger partial charge in [0.2, 0.25) is 0 Å². The van der Waals surface area contributed by atoms with E-state index in [1.807, 2.05) is 0 Å². The molecule has 21 heavy (non-hydrogen) atoms. The van der Waals surface area contributed by atoms with E-state index in [1.165, 1.54) is 0 Å². The lowest BCUT2D eigenvalue weighted by molar-refractivity contribution is -0.143. The van der Waals surface area contributed by atoms with Crippen LogP contribution >= 0.6 is 11.6 Å². The SMILES string of the molecule is NC1CCC(Nc2cnn(CC(F)(F)F)c(=O)c2Cl)CC1. The second-order valence-corrected chi connectivity index (χ2v) is 5.58. The maximum Gasteiger partial charge on any atom is 0.408 e. The summed E-state index contributed by atoms with van der Waals surface area (Å²) in [7, 11) is 0. The van der Waals surface area contributed by atoms with Gasteiger partial charge in [-0.2, -0.15) is 18.3 Å². The first kappa shape index (κ1) is 16.1. The van der Waals surface area contributed by atoms with E-state index in [2.05, 4.69) is 10.4 Å². The van der Waals surface area contributed by atoms with Gasteiger partial charge in [0.15, 0.2) is 0 Å². The highest BCUT2D eigenvalue weighted by Crippen LogP contribution is 2.24. The molecular weight excluding hydrogens is 309 g/mol. The lowest BCUT2D eigenvalue weighted by atomic mass is 9.92. The van der Waals surface area contributed by atoms with E-state index in [4.69, 9.17) is 17.3 Å². The van der Waals surface area contributed by atoms with Crippen molar-refractivity contribution in [3.05, 3.63) is 21.6 Å². The third kappa shape index (κ3) is 4.34. The van der Waals surface area contributed by atoms with E-state index in [9.17, 15) is 18.0 Å². The van der Waals surface area contributed by atoms with Crippen LogP contribution in [0.3, 0.4) is 0 Å². The number of rotatable bonds is 3. The quantitative estimate of drug-likeness (QED) is 0.893. The summed E-state index contributed by atoms with van der Waals surface area (Å²) in [5.41, 5.74) is 5.11. The molecule has 0 unspecified atom stereocenters. The second-order valence-electron chi connectivity index (χ2n) is 5.21. The van der Waals surface area contributed by atoms with Crippen molar-refractivity contribution in [3.63, 3.8) is 0 Å². The van der Waals surface area contributed by atoms with Gasteiger partial charge in [-0.1, -0.05) is 11.6 Å². The van der Waals surface area contributed by atoms with Crippen LogP contribution in [0.1, 0.15) is 25.7 Å². The number of hydrogen-bond acceptors (Lipinski definition) is 4. The fourth-order valence-corrected chi connectivity index (χ4v) is 2.53. The first-order chi connectivity index (χ1) is 9.76. The first-order valence-corrected chi connectivity index (χ1v) is 6.98. The summed E-state index contributed by atoms with van der Waals surface area (Å²) in [5.74, 6) is 0. The van der Waals surface area contributed by atoms with Crippen molar-refractivity contribution in [1.29, 1.82) is 0 Å². The van der Waals surface area contributed by atoms with Gasteiger partial charge in [0.25, 0.3) is 5.56 Å². The summed E-state index contributed by atoms with van der Waals surface area (Å²) in [5, 5.41) is 6.30. The third-order valence-electron chi connectivity index (χ3n) is 3.45. The van der Waals surface area contributed by atoms with Crippen LogP contribution in [0.5, 0.6) is 0 Å². The molecule has 5 nitrogen and oxygen atoms in total. The maximum atomic E-state index is 12.3. The number of aromatic nitrogens is 2. The molecule has 0 bridgehead atoms. The van der Waals surface area contributed by atoms with Crippen molar-refractivity contribution < 1.29 is 13.2 Å². The van der Waals surface area contributed by atoms with E-state index >= 15 is 0 Å². The molecule has 2 rings (SSSR count). The van der Waals surface area contributed by atoms with E-state index in [0.717, 1.165) is 31.9 Å². The van der Waals surface area contributed by atoms with Gasteiger partial charge >= 0.3 is 6.18 Å². The molecule has 1 saturated carbocycles. The fraction of sp³-hybridized carbons (Fsp3) is 0.667. The van der Waals surface area contributed by atoms with Crippen molar-refractivity contribution in [1.82, 2.24) is 9.78 Å². The molecule has 0 saturated heterocycles. The summed E-state index contributed by atoms with van der Waals surface area (Å²) >= 11 is 5.85. The highest BCUT2D eigenvalue weighted by Gasteiger charge is 2.30. The van der Waals surface area contributed by atoms with Crippen LogP contribution in [-0.2, 0) is 6.54 Å². The first-order valence-electron chi connectivity index (χ1n) is 6.61. The molecule has 0 atom stereocenters. The summed E-state index contributed by atoms with van der Waals surface area (Å²) in [4.78, 5) is 11.8. The normalized spacial score (nSPS) is 23.1. The Hall–Kier alpha value is -1.28. The Morgan fingerprint density at radius 2 is 2.00 bits per heavy atom. The zero-order valence-corrected chi connectivity index (χ0v) is 11.9. The zero-order valence-electron chi connectivity index (χ0n) is 11.2. The Morgan fingerprint density at radius 1 is 1.38 bits per heavy atom. The van der Waals surface area contributed by atoms with Crippen LogP contribution in [0.4, 0.5) is 18.9 Å². The average molecular weight is 325 g/mol. The summed E-state index contributed by atoms with van der Waals surface area (Å²) < 4.78 is 37.2. The van der Waals surface area contributed by atoms with Crippen LogP contribution in [0, 0.1) is 0 Å². The number of nitrogens with one attached hydrogen (secondary N) is 1. The molecule has 0 aliphatic heterocycles. The van der Waals surface area contributed by atoms with E-state index in [-0.39, 0.29) is 22.8 Å². The molecule has 1 aromatic heterocycles. The molecule has 3 N–H and O–H groups in total. The van der Waals surface area contributed by atoms with Crippen LogP contribution in [0.25, 0.3) is 0 Å². The molecule has 1 aliphatic rings. The number of nitrogens with two attached hydrogens (primary N) is 1. The topological polar surface area (TPSA) is 72.9 Å². The number of halogens is 4. The maximum absolute atomic E-state index is 12.3. The van der Waals surface area contributed by atoms with Gasteiger partial charge < -0.3 is 11.1 Å². The molecule has 1 heterocycles. The van der Waals surface area contributed by atoms with Gasteiger partial charge in [-0.3, -0.25) is 4.79 Å². The molecule has 0 amide bonds. The molecule has 1 aliphatic carbocycles. The van der Waals surface area contributed by atoms with Crippen molar-refractivity contribution in [3.8, 4) is 0 Å². The van der Waals surface area contributed by atoms with Crippen molar-refractivity contribution in [2.75, 3.05) is 5.32 Å². The molecule has 0 spiro atoms. The van der Waals surface area contributed by atoms with Crippen LogP contribution in [0.2, 0.25) is 5.02 Å². The number of anilines is 1. The Balaban J connectivity index is 2.12. The van der Waals surface area contributed by atoms with Gasteiger partial charge in [-0.25, -0.2) is 4.68 Å². The molecule has 0 radical (unpaired) electrons. The van der Waals surface area contributed by atoms with Crippen molar-refractivity contribution >= 4 is 17.3 Å². The third-order valence-corrected chi connectivity index (χ3v) is 3.81. The lowest BCUT2D eigenvalue weighted by Gasteiger charge is -2.27. The van der Waals surface area contributed by atoms with Gasteiger partial charge in [-0.15, -0.1) is 0 Å². The Kier molecular flexibility index (Phi) is 4.77. The van der Waals surface area contributed by atoms with Crippen LogP contribution in [-0.4, -0.2) is 28.0 Å². The molecule has 1 aromatic rings. The summed E-state index contributed by atoms with van der Waals surface area (Å²) in [6.07, 6.45) is -0.00735. The van der Waals surface area contributed by atoms with Crippen molar-refractivity contribution in [2.45, 2.75) is 50.5 Å². The lowest BCUT2D eigenvalue weighted by Crippen LogP contribution is -2.34. The molecule has 118 valence electrons. The van der Waals surface area contributed by atoms with Crippen LogP contribution in [0.15, 0.2) is 11.0 Å². The monoisotopic (exact) mass is 324 g/mol. The van der Waals surface area contributed by atoms with Gasteiger partial charge in [0.05, 0.1) is 11.9 Å². The highest BCUT2D eigenvalue weighted by atomic mass is 35.5. The number of hydrogen-bond donors (Lipinski definition) is 2. The smallest absolute Gasteiger partial charge is 0.380 e. The van der Waals surface area contributed by atoms with Gasteiger partial charge in [-0.05, 0) is 25.7 Å². The largest absolute Gasteiger partial charge is 0.408 e. The second kappa shape index (κ2) is 6.23. The zero-order chi connectivity index (χ0) is 15.6. The van der Waals surface area contributed by atoms with Crippen LogP contribution < -0.4 is 16.6 Å². The summed E-state index contributed by atoms with van der Waals surface area (Å²) in [6.45, 7) is -1.45. The Morgan fingerprint density at radius 3 is 2.57 bits per heavy atom. The Labute approximate surface area is 124 Å². The number of alkyl halides is 3. The standard InChI is InChI=1S/C12H16ClF3N4O/c13-10-9(19-8-3-1-7(17)2-4-8)5-18-20(11(10)21)6-12(14,15)16/h5,7-8,19H,1-4,6,17H2. The average Bonchev–Trinajstić information content (AvgIpc) is 2.39. The minimum atomic E-state index is -4.52. The van der Waals surface area contributed by atoms with Gasteiger partial charge in [0, 0.05) is 12.1 Å². The molecule has 0 aromatic carbocycles. The fourth-order valence-electron chi connectivity index (χ4n) is 2.33. The van der Waals surface area contributed by atoms with Gasteiger partial charge in [0.1, 0.15) is 11.6 Å². The molecule has 1 fully saturated rings. The van der Waals surface area contributed by atoms with E-state index < -0.39 is 18.3 Å². The summed E-state index contributed by atoms with van der Waals surface area (Å²) in [6, 6.07) is 0.276. The number of nitrogens with zero attached hydrogens (tertiary/aromatic N) is 2. The van der Waals surface area contributed by atoms with Crippen molar-refractivity contribution in [2.24, 2.45) is 5.73 Å².